The van der Waals surface area contributed by atoms with Crippen LogP contribution in [0.15, 0.2) is 48.5 Å². The maximum absolute atomic E-state index is 12.5. The first kappa shape index (κ1) is 21.0. The van der Waals surface area contributed by atoms with Crippen molar-refractivity contribution < 1.29 is 28.7 Å². The van der Waals surface area contributed by atoms with E-state index in [1.54, 1.807) is 54.3 Å². The Hall–Kier alpha value is -3.68. The zero-order chi connectivity index (χ0) is 21.5. The maximum atomic E-state index is 12.5. The van der Waals surface area contributed by atoms with Crippen molar-refractivity contribution in [2.75, 3.05) is 30.0 Å². The third kappa shape index (κ3) is 4.83. The van der Waals surface area contributed by atoms with Crippen LogP contribution in [0.5, 0.6) is 0 Å². The number of hydrogen-bond acceptors (Lipinski definition) is 6. The predicted molar refractivity (Wildman–Crippen MR) is 109 cm³/mol. The lowest BCUT2D eigenvalue weighted by atomic mass is 10.1. The molecule has 2 aromatic carbocycles. The normalized spacial score (nSPS) is 13.1. The molecule has 156 valence electrons. The van der Waals surface area contributed by atoms with Crippen molar-refractivity contribution in [3.05, 3.63) is 59.7 Å². The van der Waals surface area contributed by atoms with Crippen LogP contribution in [0.1, 0.15) is 40.5 Å². The number of hydrogen-bond donors (Lipinski definition) is 1. The van der Waals surface area contributed by atoms with Gasteiger partial charge in [-0.2, -0.15) is 0 Å². The smallest absolute Gasteiger partial charge is 0.340 e. The van der Waals surface area contributed by atoms with Gasteiger partial charge in [-0.05, 0) is 37.6 Å². The van der Waals surface area contributed by atoms with Crippen LogP contribution in [-0.4, -0.2) is 43.5 Å². The Morgan fingerprint density at radius 1 is 0.967 bits per heavy atom. The van der Waals surface area contributed by atoms with Gasteiger partial charge in [-0.3, -0.25) is 9.59 Å². The van der Waals surface area contributed by atoms with Gasteiger partial charge < -0.3 is 19.7 Å². The Morgan fingerprint density at radius 3 is 2.33 bits per heavy atom. The first-order valence-corrected chi connectivity index (χ1v) is 9.63. The van der Waals surface area contributed by atoms with Crippen molar-refractivity contribution in [3.8, 4) is 0 Å². The van der Waals surface area contributed by atoms with Gasteiger partial charge in [0.05, 0.1) is 29.1 Å². The second-order valence-electron chi connectivity index (χ2n) is 6.56. The quantitative estimate of drug-likeness (QED) is 0.705. The number of esters is 2. The monoisotopic (exact) mass is 410 g/mol. The Balaban J connectivity index is 1.65. The highest BCUT2D eigenvalue weighted by Crippen LogP contribution is 2.26. The van der Waals surface area contributed by atoms with Crippen LogP contribution in [0.3, 0.4) is 0 Å². The number of anilines is 2. The summed E-state index contributed by atoms with van der Waals surface area (Å²) in [6.07, 6.45) is 1.16. The minimum absolute atomic E-state index is 0.0523. The standard InChI is InChI=1S/C22H22N2O6/c1-2-29-21(27)15-8-3-5-10-17(15)23-19(25)14-30-22(28)16-9-4-6-11-18(16)24-13-7-12-20(24)26/h3-6,8-11H,2,7,12-14H2,1H3,(H,23,25). The molecular formula is C22H22N2O6. The number of amides is 2. The minimum atomic E-state index is -0.709. The van der Waals surface area contributed by atoms with E-state index in [4.69, 9.17) is 9.47 Å². The molecule has 1 N–H and O–H groups in total. The van der Waals surface area contributed by atoms with Crippen molar-refractivity contribution in [2.45, 2.75) is 19.8 Å². The zero-order valence-corrected chi connectivity index (χ0v) is 16.6. The summed E-state index contributed by atoms with van der Waals surface area (Å²) in [6, 6.07) is 13.0. The van der Waals surface area contributed by atoms with E-state index >= 15 is 0 Å². The van der Waals surface area contributed by atoms with Crippen molar-refractivity contribution in [1.82, 2.24) is 0 Å². The summed E-state index contributed by atoms with van der Waals surface area (Å²) < 4.78 is 10.1. The van der Waals surface area contributed by atoms with Gasteiger partial charge in [0.1, 0.15) is 0 Å². The SMILES string of the molecule is CCOC(=O)c1ccccc1NC(=O)COC(=O)c1ccccc1N1CCCC1=O. The predicted octanol–water partition coefficient (Wildman–Crippen LogP) is 2.79. The van der Waals surface area contributed by atoms with E-state index in [9.17, 15) is 19.2 Å². The molecule has 1 heterocycles. The van der Waals surface area contributed by atoms with Gasteiger partial charge in [0.15, 0.2) is 6.61 Å². The summed E-state index contributed by atoms with van der Waals surface area (Å²) in [6.45, 7) is 1.89. The fourth-order valence-corrected chi connectivity index (χ4v) is 3.16. The van der Waals surface area contributed by atoms with Crippen molar-refractivity contribution in [3.63, 3.8) is 0 Å². The summed E-state index contributed by atoms with van der Waals surface area (Å²) in [5.74, 6) is -1.92. The number of rotatable bonds is 7. The third-order valence-electron chi connectivity index (χ3n) is 4.52. The lowest BCUT2D eigenvalue weighted by molar-refractivity contribution is -0.119. The molecule has 8 nitrogen and oxygen atoms in total. The van der Waals surface area contributed by atoms with Gasteiger partial charge in [0, 0.05) is 13.0 Å². The maximum Gasteiger partial charge on any atom is 0.340 e. The Morgan fingerprint density at radius 2 is 1.63 bits per heavy atom. The molecule has 2 amide bonds. The van der Waals surface area contributed by atoms with E-state index in [1.807, 2.05) is 0 Å². The number of carbonyl (C=O) groups excluding carboxylic acids is 4. The van der Waals surface area contributed by atoms with E-state index in [-0.39, 0.29) is 29.3 Å². The Bertz CT molecular complexity index is 972. The summed E-state index contributed by atoms with van der Waals surface area (Å²) >= 11 is 0. The third-order valence-corrected chi connectivity index (χ3v) is 4.52. The molecule has 0 aliphatic carbocycles. The van der Waals surface area contributed by atoms with Crippen LogP contribution in [0.4, 0.5) is 11.4 Å². The highest BCUT2D eigenvalue weighted by molar-refractivity contribution is 6.05. The lowest BCUT2D eigenvalue weighted by Gasteiger charge is -2.18. The first-order chi connectivity index (χ1) is 14.5. The van der Waals surface area contributed by atoms with Gasteiger partial charge in [-0.1, -0.05) is 24.3 Å². The van der Waals surface area contributed by atoms with Gasteiger partial charge in [-0.25, -0.2) is 9.59 Å². The van der Waals surface area contributed by atoms with Crippen LogP contribution >= 0.6 is 0 Å². The zero-order valence-electron chi connectivity index (χ0n) is 16.6. The van der Waals surface area contributed by atoms with Crippen LogP contribution in [-0.2, 0) is 19.1 Å². The van der Waals surface area contributed by atoms with Gasteiger partial charge in [-0.15, -0.1) is 0 Å². The lowest BCUT2D eigenvalue weighted by Crippen LogP contribution is -2.27. The molecule has 8 heteroatoms. The number of nitrogens with zero attached hydrogens (tertiary/aromatic N) is 1. The first-order valence-electron chi connectivity index (χ1n) is 9.63. The van der Waals surface area contributed by atoms with Gasteiger partial charge >= 0.3 is 11.9 Å². The average molecular weight is 410 g/mol. The summed E-state index contributed by atoms with van der Waals surface area (Å²) in [7, 11) is 0. The van der Waals surface area contributed by atoms with Gasteiger partial charge in [0.25, 0.3) is 5.91 Å². The highest BCUT2D eigenvalue weighted by Gasteiger charge is 2.26. The average Bonchev–Trinajstić information content (AvgIpc) is 3.18. The Labute approximate surface area is 173 Å². The summed E-state index contributed by atoms with van der Waals surface area (Å²) in [4.78, 5) is 50.4. The fraction of sp³-hybridized carbons (Fsp3) is 0.273. The molecule has 1 fully saturated rings. The van der Waals surface area contributed by atoms with E-state index in [1.165, 1.54) is 6.07 Å². The van der Waals surface area contributed by atoms with E-state index in [0.717, 1.165) is 6.42 Å². The van der Waals surface area contributed by atoms with E-state index in [2.05, 4.69) is 5.32 Å². The molecule has 3 rings (SSSR count). The fourth-order valence-electron chi connectivity index (χ4n) is 3.16. The number of nitrogens with one attached hydrogen (secondary N) is 1. The van der Waals surface area contributed by atoms with Crippen molar-refractivity contribution in [2.24, 2.45) is 0 Å². The molecular weight excluding hydrogens is 388 g/mol. The van der Waals surface area contributed by atoms with Gasteiger partial charge in [0.2, 0.25) is 5.91 Å². The number of para-hydroxylation sites is 2. The molecule has 0 radical (unpaired) electrons. The second-order valence-corrected chi connectivity index (χ2v) is 6.56. The molecule has 0 saturated carbocycles. The van der Waals surface area contributed by atoms with Crippen LogP contribution < -0.4 is 10.2 Å². The molecule has 0 aromatic heterocycles. The molecule has 1 aliphatic heterocycles. The molecule has 0 bridgehead atoms. The molecule has 0 unspecified atom stereocenters. The summed E-state index contributed by atoms with van der Waals surface area (Å²) in [5, 5.41) is 2.55. The molecule has 2 aromatic rings. The second kappa shape index (κ2) is 9.69. The number of carbonyl (C=O) groups is 4. The Kier molecular flexibility index (Phi) is 6.79. The minimum Gasteiger partial charge on any atom is -0.462 e. The van der Waals surface area contributed by atoms with Crippen molar-refractivity contribution in [1.29, 1.82) is 0 Å². The molecule has 0 atom stereocenters. The molecule has 30 heavy (non-hydrogen) atoms. The van der Waals surface area contributed by atoms with Crippen LogP contribution in [0, 0.1) is 0 Å². The molecule has 1 aliphatic rings. The van der Waals surface area contributed by atoms with Crippen LogP contribution in [0.2, 0.25) is 0 Å². The van der Waals surface area contributed by atoms with Crippen LogP contribution in [0.25, 0.3) is 0 Å². The summed E-state index contributed by atoms with van der Waals surface area (Å²) in [5.41, 5.74) is 1.16. The van der Waals surface area contributed by atoms with E-state index in [0.29, 0.717) is 18.7 Å². The number of ether oxygens (including phenoxy) is 2. The number of benzene rings is 2. The topological polar surface area (TPSA) is 102 Å². The highest BCUT2D eigenvalue weighted by atomic mass is 16.5. The molecule has 1 saturated heterocycles. The molecule has 0 spiro atoms. The van der Waals surface area contributed by atoms with E-state index < -0.39 is 24.5 Å². The van der Waals surface area contributed by atoms with Crippen molar-refractivity contribution >= 4 is 35.1 Å². The largest absolute Gasteiger partial charge is 0.462 e.